The minimum atomic E-state index is -1.07. The summed E-state index contributed by atoms with van der Waals surface area (Å²) >= 11 is 0. The van der Waals surface area contributed by atoms with Crippen molar-refractivity contribution in [3.05, 3.63) is 54.8 Å². The van der Waals surface area contributed by atoms with Crippen LogP contribution in [0.5, 0.6) is 0 Å². The van der Waals surface area contributed by atoms with E-state index >= 15 is 0 Å². The normalized spacial score (nSPS) is 15.7. The molecule has 1 fully saturated rings. The minimum absolute atomic E-state index is 0.00900. The van der Waals surface area contributed by atoms with Crippen molar-refractivity contribution < 1.29 is 9.90 Å². The summed E-state index contributed by atoms with van der Waals surface area (Å²) in [7, 11) is 1.81. The highest BCUT2D eigenvalue weighted by Gasteiger charge is 2.15. The molecule has 0 saturated carbocycles. The summed E-state index contributed by atoms with van der Waals surface area (Å²) in [5.74, 6) is 0.472. The molecule has 0 bridgehead atoms. The summed E-state index contributed by atoms with van der Waals surface area (Å²) in [4.78, 5) is 25.4. The van der Waals surface area contributed by atoms with Crippen molar-refractivity contribution in [3.63, 3.8) is 0 Å². The summed E-state index contributed by atoms with van der Waals surface area (Å²) in [6.45, 7) is 6.33. The van der Waals surface area contributed by atoms with Crippen LogP contribution in [0.4, 0.5) is 23.0 Å². The monoisotopic (exact) mass is 434 g/mol. The Bertz CT molecular complexity index is 1020. The molecule has 1 saturated heterocycles. The lowest BCUT2D eigenvalue weighted by Gasteiger charge is -2.25. The van der Waals surface area contributed by atoms with Crippen LogP contribution in [0.2, 0.25) is 0 Å². The van der Waals surface area contributed by atoms with E-state index in [4.69, 9.17) is 10.4 Å². The van der Waals surface area contributed by atoms with Gasteiger partial charge in [-0.2, -0.15) is 5.26 Å². The lowest BCUT2D eigenvalue weighted by Crippen LogP contribution is -2.33. The first-order valence-electron chi connectivity index (χ1n) is 10.2. The van der Waals surface area contributed by atoms with Gasteiger partial charge in [-0.15, -0.1) is 0 Å². The third-order valence-corrected chi connectivity index (χ3v) is 5.04. The molecule has 1 aliphatic rings. The van der Waals surface area contributed by atoms with Gasteiger partial charge in [0.15, 0.2) is 5.69 Å². The maximum Gasteiger partial charge on any atom is 0.335 e. The molecule has 1 unspecified atom stereocenters. The van der Waals surface area contributed by atoms with Crippen LogP contribution in [0.15, 0.2) is 49.1 Å². The minimum Gasteiger partial charge on any atom is -0.478 e. The van der Waals surface area contributed by atoms with Crippen molar-refractivity contribution in [1.29, 1.82) is 5.26 Å². The van der Waals surface area contributed by atoms with Crippen molar-refractivity contribution >= 4 is 29.0 Å². The van der Waals surface area contributed by atoms with Crippen LogP contribution in [0.3, 0.4) is 0 Å². The van der Waals surface area contributed by atoms with Crippen LogP contribution in [0, 0.1) is 17.2 Å². The van der Waals surface area contributed by atoms with Crippen molar-refractivity contribution in [2.45, 2.75) is 12.8 Å². The van der Waals surface area contributed by atoms with Gasteiger partial charge >= 0.3 is 5.97 Å². The number of nitrogens with one attached hydrogen (secondary N) is 3. The molecule has 4 N–H and O–H groups in total. The van der Waals surface area contributed by atoms with E-state index in [0.29, 0.717) is 17.6 Å². The Morgan fingerprint density at radius 3 is 2.84 bits per heavy atom. The quantitative estimate of drug-likeness (QED) is 0.344. The van der Waals surface area contributed by atoms with Crippen LogP contribution < -0.4 is 20.9 Å². The van der Waals surface area contributed by atoms with Crippen LogP contribution in [0.1, 0.15) is 18.5 Å². The number of aliphatic carboxylic acids is 1. The first kappa shape index (κ1) is 22.7. The second kappa shape index (κ2) is 10.9. The molecule has 32 heavy (non-hydrogen) atoms. The number of pyridine rings is 1. The molecule has 10 heteroatoms. The Balaban J connectivity index is 1.80. The number of carboxylic acid groups (broad SMARTS) is 1. The fourth-order valence-electron chi connectivity index (χ4n) is 3.23. The summed E-state index contributed by atoms with van der Waals surface area (Å²) in [5.41, 5.74) is 1.84. The van der Waals surface area contributed by atoms with Gasteiger partial charge in [-0.3, -0.25) is 0 Å². The Labute approximate surface area is 186 Å². The first-order valence-corrected chi connectivity index (χ1v) is 10.2. The Hall–Kier alpha value is -3.97. The maximum absolute atomic E-state index is 11.0. The number of hydrogen-bond acceptors (Lipinski definition) is 9. The van der Waals surface area contributed by atoms with E-state index < -0.39 is 5.97 Å². The lowest BCUT2D eigenvalue weighted by atomic mass is 10.00. The Morgan fingerprint density at radius 2 is 2.19 bits per heavy atom. The second-order valence-electron chi connectivity index (χ2n) is 7.46. The molecule has 3 rings (SSSR count). The number of anilines is 4. The topological polar surface area (TPSA) is 139 Å². The molecule has 3 heterocycles. The van der Waals surface area contributed by atoms with Gasteiger partial charge in [0.2, 0.25) is 0 Å². The summed E-state index contributed by atoms with van der Waals surface area (Å²) in [6, 6.07) is 3.80. The van der Waals surface area contributed by atoms with Crippen LogP contribution in [-0.4, -0.2) is 52.7 Å². The standard InChI is InChI=1S/C22H26N8O2/c1-15(22(31)32)5-7-30(2)19-13-28-20(29-21-14-25-17(9-23)12-27-21)8-18(19)26-11-16-4-3-6-24-10-16/h5,7-8,12-14,16,24H,1,3-4,6,10-11H2,2H3,(H,31,32)(H2,26,27,28,29)/b7-5-. The highest BCUT2D eigenvalue weighted by atomic mass is 16.4. The third kappa shape index (κ3) is 6.26. The van der Waals surface area contributed by atoms with E-state index in [-0.39, 0.29) is 11.3 Å². The number of nitrogens with zero attached hydrogens (tertiary/aromatic N) is 5. The molecule has 0 aromatic carbocycles. The average Bonchev–Trinajstić information content (AvgIpc) is 2.82. The van der Waals surface area contributed by atoms with Crippen molar-refractivity contribution in [2.75, 3.05) is 42.2 Å². The summed E-state index contributed by atoms with van der Waals surface area (Å²) in [6.07, 6.45) is 9.94. The Kier molecular flexibility index (Phi) is 7.72. The third-order valence-electron chi connectivity index (χ3n) is 5.04. The van der Waals surface area contributed by atoms with Gasteiger partial charge < -0.3 is 26.0 Å². The lowest BCUT2D eigenvalue weighted by molar-refractivity contribution is -0.132. The molecule has 1 atom stereocenters. The number of carbonyl (C=O) groups is 1. The summed E-state index contributed by atoms with van der Waals surface area (Å²) in [5, 5.41) is 27.9. The predicted octanol–water partition coefficient (Wildman–Crippen LogP) is 2.49. The molecule has 0 radical (unpaired) electrons. The average molecular weight is 435 g/mol. The fourth-order valence-corrected chi connectivity index (χ4v) is 3.23. The molecule has 1 aliphatic heterocycles. The van der Waals surface area contributed by atoms with E-state index in [1.54, 1.807) is 17.3 Å². The molecular weight excluding hydrogens is 408 g/mol. The van der Waals surface area contributed by atoms with Gasteiger partial charge in [0.1, 0.15) is 17.7 Å². The van der Waals surface area contributed by atoms with Gasteiger partial charge in [0, 0.05) is 25.9 Å². The zero-order chi connectivity index (χ0) is 22.9. The molecule has 166 valence electrons. The molecular formula is C22H26N8O2. The number of rotatable bonds is 9. The van der Waals surface area contributed by atoms with Gasteiger partial charge in [-0.1, -0.05) is 6.58 Å². The number of aromatic nitrogens is 3. The molecule has 0 amide bonds. The SMILES string of the molecule is C=C(/C=C\N(C)c1cnc(Nc2cnc(C#N)cn2)cc1NCC1CCCNC1)C(=O)O. The number of nitriles is 1. The highest BCUT2D eigenvalue weighted by molar-refractivity contribution is 5.89. The molecule has 2 aromatic heterocycles. The zero-order valence-corrected chi connectivity index (χ0v) is 17.9. The molecule has 2 aromatic rings. The maximum atomic E-state index is 11.0. The van der Waals surface area contributed by atoms with E-state index in [0.717, 1.165) is 43.9 Å². The summed E-state index contributed by atoms with van der Waals surface area (Å²) < 4.78 is 0. The van der Waals surface area contributed by atoms with Crippen LogP contribution >= 0.6 is 0 Å². The molecule has 0 spiro atoms. The van der Waals surface area contributed by atoms with Crippen LogP contribution in [-0.2, 0) is 4.79 Å². The fraction of sp³-hybridized carbons (Fsp3) is 0.318. The smallest absolute Gasteiger partial charge is 0.335 e. The van der Waals surface area contributed by atoms with Gasteiger partial charge in [-0.25, -0.2) is 19.7 Å². The number of piperidine rings is 1. The van der Waals surface area contributed by atoms with Gasteiger partial charge in [-0.05, 0) is 37.9 Å². The van der Waals surface area contributed by atoms with Crippen LogP contribution in [0.25, 0.3) is 0 Å². The van der Waals surface area contributed by atoms with E-state index in [1.165, 1.54) is 18.5 Å². The van der Waals surface area contributed by atoms with Gasteiger partial charge in [0.25, 0.3) is 0 Å². The number of hydrogen-bond donors (Lipinski definition) is 4. The second-order valence-corrected chi connectivity index (χ2v) is 7.46. The first-order chi connectivity index (χ1) is 15.5. The van der Waals surface area contributed by atoms with Crippen molar-refractivity contribution in [3.8, 4) is 6.07 Å². The van der Waals surface area contributed by atoms with Crippen molar-refractivity contribution in [2.24, 2.45) is 5.92 Å². The van der Waals surface area contributed by atoms with E-state index in [1.807, 2.05) is 19.2 Å². The van der Waals surface area contributed by atoms with Crippen molar-refractivity contribution in [1.82, 2.24) is 20.3 Å². The van der Waals surface area contributed by atoms with E-state index in [2.05, 4.69) is 37.5 Å². The molecule has 0 aliphatic carbocycles. The number of carboxylic acids is 1. The molecule has 10 nitrogen and oxygen atoms in total. The van der Waals surface area contributed by atoms with Gasteiger partial charge in [0.05, 0.1) is 35.5 Å². The predicted molar refractivity (Wildman–Crippen MR) is 123 cm³/mol. The van der Waals surface area contributed by atoms with E-state index in [9.17, 15) is 4.79 Å². The zero-order valence-electron chi connectivity index (χ0n) is 17.9. The largest absolute Gasteiger partial charge is 0.478 e. The highest BCUT2D eigenvalue weighted by Crippen LogP contribution is 2.29. The Morgan fingerprint density at radius 1 is 1.38 bits per heavy atom.